The number of nitro benzene ring substituents is 1. The number of nitrogens with zero attached hydrogens (tertiary/aromatic N) is 6. The quantitative estimate of drug-likeness (QED) is 0.495. The van der Waals surface area contributed by atoms with Crippen molar-refractivity contribution in [3.05, 3.63) is 56.4 Å². The van der Waals surface area contributed by atoms with Gasteiger partial charge in [0.2, 0.25) is 11.6 Å². The number of hydrazine groups is 1. The number of piperazine rings is 1. The Kier molecular flexibility index (Phi) is 6.32. The summed E-state index contributed by atoms with van der Waals surface area (Å²) in [6.07, 6.45) is 1.18. The number of rotatable bonds is 7. The molecule has 2 heterocycles. The molecule has 2 aromatic rings. The van der Waals surface area contributed by atoms with E-state index in [0.717, 1.165) is 25.7 Å². The molecular weight excluding hydrogens is 396 g/mol. The number of nitrogens with one attached hydrogen (secondary N) is 2. The van der Waals surface area contributed by atoms with Crippen molar-refractivity contribution in [2.24, 2.45) is 0 Å². The summed E-state index contributed by atoms with van der Waals surface area (Å²) in [6, 6.07) is 5.11. The molecule has 1 aliphatic rings. The van der Waals surface area contributed by atoms with Crippen molar-refractivity contribution in [3.8, 4) is 0 Å². The number of anilines is 2. The summed E-state index contributed by atoms with van der Waals surface area (Å²) in [7, 11) is 0. The van der Waals surface area contributed by atoms with Crippen molar-refractivity contribution in [2.45, 2.75) is 6.92 Å². The Hall–Kier alpha value is -3.87. The number of nitro groups is 2. The van der Waals surface area contributed by atoms with Gasteiger partial charge >= 0.3 is 5.69 Å². The summed E-state index contributed by atoms with van der Waals surface area (Å²) >= 11 is 0. The average Bonchev–Trinajstić information content (AvgIpc) is 2.77. The molecule has 158 valence electrons. The van der Waals surface area contributed by atoms with Crippen molar-refractivity contribution >= 4 is 28.9 Å². The number of hydrogen-bond acceptors (Lipinski definition) is 10. The molecule has 13 nitrogen and oxygen atoms in total. The zero-order valence-corrected chi connectivity index (χ0v) is 16.1. The molecule has 0 radical (unpaired) electrons. The van der Waals surface area contributed by atoms with Crippen LogP contribution in [0.25, 0.3) is 0 Å². The number of carbonyl (C=O) groups is 1. The van der Waals surface area contributed by atoms with Crippen LogP contribution in [0, 0.1) is 20.2 Å². The fourth-order valence-corrected chi connectivity index (χ4v) is 3.09. The average molecular weight is 416 g/mol. The van der Waals surface area contributed by atoms with Gasteiger partial charge in [0.05, 0.1) is 9.85 Å². The van der Waals surface area contributed by atoms with E-state index in [1.54, 1.807) is 4.90 Å². The number of aromatic nitrogens is 2. The summed E-state index contributed by atoms with van der Waals surface area (Å²) in [5, 5.41) is 22.6. The SMILES string of the molecule is CCN1CCN(c2ncnc(NNC(=O)c3cccc([N+](=O)[O-])c3)c2[N+](=O)[O-])CC1. The topological polar surface area (TPSA) is 160 Å². The number of carbonyl (C=O) groups excluding carboxylic acids is 1. The van der Waals surface area contributed by atoms with Crippen LogP contribution in [0.5, 0.6) is 0 Å². The van der Waals surface area contributed by atoms with E-state index in [4.69, 9.17) is 0 Å². The fraction of sp³-hybridized carbons (Fsp3) is 0.353. The summed E-state index contributed by atoms with van der Waals surface area (Å²) in [5.74, 6) is -0.718. The van der Waals surface area contributed by atoms with Gasteiger partial charge in [-0.15, -0.1) is 0 Å². The molecule has 0 unspecified atom stereocenters. The Balaban J connectivity index is 1.78. The Morgan fingerprint density at radius 3 is 2.50 bits per heavy atom. The molecule has 0 spiro atoms. The van der Waals surface area contributed by atoms with Crippen LogP contribution in [0.4, 0.5) is 23.0 Å². The molecule has 0 atom stereocenters. The van der Waals surface area contributed by atoms with Gasteiger partial charge in [0, 0.05) is 43.9 Å². The zero-order valence-electron chi connectivity index (χ0n) is 16.1. The summed E-state index contributed by atoms with van der Waals surface area (Å²) < 4.78 is 0. The lowest BCUT2D eigenvalue weighted by molar-refractivity contribution is -0.384. The molecule has 0 bridgehead atoms. The van der Waals surface area contributed by atoms with E-state index in [2.05, 4.69) is 32.6 Å². The van der Waals surface area contributed by atoms with E-state index in [-0.39, 0.29) is 28.6 Å². The Morgan fingerprint density at radius 2 is 1.87 bits per heavy atom. The van der Waals surface area contributed by atoms with Crippen LogP contribution in [0.15, 0.2) is 30.6 Å². The molecule has 13 heteroatoms. The monoisotopic (exact) mass is 416 g/mol. The predicted octanol–water partition coefficient (Wildman–Crippen LogP) is 1.19. The number of hydrogen-bond donors (Lipinski definition) is 2. The van der Waals surface area contributed by atoms with Crippen LogP contribution in [0.2, 0.25) is 0 Å². The first kappa shape index (κ1) is 20.9. The van der Waals surface area contributed by atoms with Gasteiger partial charge in [-0.05, 0) is 12.6 Å². The van der Waals surface area contributed by atoms with Crippen LogP contribution in [0.3, 0.4) is 0 Å². The second kappa shape index (κ2) is 9.09. The molecular formula is C17H20N8O5. The first-order valence-electron chi connectivity index (χ1n) is 9.18. The van der Waals surface area contributed by atoms with Gasteiger partial charge in [-0.1, -0.05) is 13.0 Å². The van der Waals surface area contributed by atoms with Crippen LogP contribution < -0.4 is 15.8 Å². The molecule has 1 fully saturated rings. The highest BCUT2D eigenvalue weighted by Crippen LogP contribution is 2.31. The van der Waals surface area contributed by atoms with Crippen molar-refractivity contribution < 1.29 is 14.6 Å². The molecule has 1 aromatic heterocycles. The molecule has 30 heavy (non-hydrogen) atoms. The number of non-ortho nitro benzene ring substituents is 1. The molecule has 1 saturated heterocycles. The van der Waals surface area contributed by atoms with Crippen LogP contribution in [-0.4, -0.2) is 63.3 Å². The third-order valence-corrected chi connectivity index (χ3v) is 4.72. The standard InChI is InChI=1S/C17H20N8O5/c1-2-22-6-8-23(9-7-22)16-14(25(29)30)15(18-11-19-16)20-21-17(26)12-4-3-5-13(10-12)24(27)28/h3-5,10-11H,2,6-9H2,1H3,(H,21,26)(H,18,19,20). The molecule has 1 amide bonds. The van der Waals surface area contributed by atoms with Gasteiger partial charge in [0.25, 0.3) is 11.6 Å². The van der Waals surface area contributed by atoms with Crippen molar-refractivity contribution in [2.75, 3.05) is 43.0 Å². The Bertz CT molecular complexity index is 961. The largest absolute Gasteiger partial charge is 0.355 e. The van der Waals surface area contributed by atoms with E-state index >= 15 is 0 Å². The Labute approximate surface area is 171 Å². The first-order chi connectivity index (χ1) is 14.4. The minimum absolute atomic E-state index is 0.0179. The van der Waals surface area contributed by atoms with E-state index in [1.165, 1.54) is 24.5 Å². The molecule has 1 aromatic carbocycles. The van der Waals surface area contributed by atoms with Gasteiger partial charge < -0.3 is 9.80 Å². The van der Waals surface area contributed by atoms with Crippen LogP contribution in [-0.2, 0) is 0 Å². The smallest absolute Gasteiger partial charge is 0.348 e. The van der Waals surface area contributed by atoms with Crippen molar-refractivity contribution in [1.29, 1.82) is 0 Å². The van der Waals surface area contributed by atoms with Gasteiger partial charge in [-0.3, -0.25) is 35.9 Å². The van der Waals surface area contributed by atoms with E-state index < -0.39 is 15.8 Å². The normalized spacial score (nSPS) is 14.2. The number of benzene rings is 1. The first-order valence-corrected chi connectivity index (χ1v) is 9.18. The molecule has 0 aliphatic carbocycles. The molecule has 1 aliphatic heterocycles. The number of amides is 1. The summed E-state index contributed by atoms with van der Waals surface area (Å²) in [4.78, 5) is 45.6. The minimum atomic E-state index is -0.704. The Morgan fingerprint density at radius 1 is 1.13 bits per heavy atom. The lowest BCUT2D eigenvalue weighted by Crippen LogP contribution is -2.46. The van der Waals surface area contributed by atoms with Crippen molar-refractivity contribution in [1.82, 2.24) is 20.3 Å². The maximum Gasteiger partial charge on any atom is 0.355 e. The zero-order chi connectivity index (χ0) is 21.7. The lowest BCUT2D eigenvalue weighted by Gasteiger charge is -2.34. The maximum absolute atomic E-state index is 12.3. The van der Waals surface area contributed by atoms with Gasteiger partial charge in [0.1, 0.15) is 6.33 Å². The third-order valence-electron chi connectivity index (χ3n) is 4.72. The highest BCUT2D eigenvalue weighted by molar-refractivity contribution is 5.95. The molecule has 3 rings (SSSR count). The van der Waals surface area contributed by atoms with Crippen LogP contribution in [0.1, 0.15) is 17.3 Å². The summed E-state index contributed by atoms with van der Waals surface area (Å²) in [6.45, 7) is 5.61. The second-order valence-electron chi connectivity index (χ2n) is 6.46. The van der Waals surface area contributed by atoms with E-state index in [0.29, 0.717) is 13.1 Å². The van der Waals surface area contributed by atoms with Gasteiger partial charge in [-0.2, -0.15) is 0 Å². The van der Waals surface area contributed by atoms with Crippen LogP contribution >= 0.6 is 0 Å². The van der Waals surface area contributed by atoms with Crippen molar-refractivity contribution in [3.63, 3.8) is 0 Å². The molecule has 0 saturated carbocycles. The highest BCUT2D eigenvalue weighted by Gasteiger charge is 2.29. The van der Waals surface area contributed by atoms with E-state index in [9.17, 15) is 25.0 Å². The van der Waals surface area contributed by atoms with Gasteiger partial charge in [0.15, 0.2) is 0 Å². The van der Waals surface area contributed by atoms with E-state index in [1.807, 2.05) is 0 Å². The third kappa shape index (κ3) is 4.57. The molecule has 2 N–H and O–H groups in total. The lowest BCUT2D eigenvalue weighted by atomic mass is 10.2. The summed E-state index contributed by atoms with van der Waals surface area (Å²) in [5.41, 5.74) is 4.14. The fourth-order valence-electron chi connectivity index (χ4n) is 3.09. The maximum atomic E-state index is 12.3. The predicted molar refractivity (Wildman–Crippen MR) is 107 cm³/mol. The second-order valence-corrected chi connectivity index (χ2v) is 6.46. The number of likely N-dealkylation sites (N-methyl/N-ethyl adjacent to an activating group) is 1. The minimum Gasteiger partial charge on any atom is -0.348 e. The van der Waals surface area contributed by atoms with Gasteiger partial charge in [-0.25, -0.2) is 9.97 Å². The highest BCUT2D eigenvalue weighted by atomic mass is 16.6.